The molecule has 0 atom stereocenters. The molecule has 66 valence electrons. The quantitative estimate of drug-likeness (QED) is 0.643. The Bertz CT molecular complexity index is 241. The summed E-state index contributed by atoms with van der Waals surface area (Å²) >= 11 is 0. The van der Waals surface area contributed by atoms with E-state index < -0.39 is 0 Å². The number of hydrogen-bond donors (Lipinski definition) is 2. The molecule has 2 N–H and O–H groups in total. The SMILES string of the molecule is CC/C=C/C1=C(NC)CNC1=O. The number of nitrogens with one attached hydrogen (secondary N) is 2. The maximum atomic E-state index is 11.2. The highest BCUT2D eigenvalue weighted by atomic mass is 16.1. The lowest BCUT2D eigenvalue weighted by molar-refractivity contribution is -0.116. The number of hydrogen-bond acceptors (Lipinski definition) is 2. The summed E-state index contributed by atoms with van der Waals surface area (Å²) in [6, 6.07) is 0. The zero-order valence-electron chi connectivity index (χ0n) is 7.48. The van der Waals surface area contributed by atoms with Gasteiger partial charge in [0.15, 0.2) is 0 Å². The molecule has 0 aromatic heterocycles. The molecule has 0 saturated heterocycles. The monoisotopic (exact) mass is 166 g/mol. The Kier molecular flexibility index (Phi) is 2.91. The molecule has 3 heteroatoms. The molecule has 1 rings (SSSR count). The van der Waals surface area contributed by atoms with Crippen LogP contribution in [0.15, 0.2) is 23.4 Å². The molecule has 0 aromatic carbocycles. The van der Waals surface area contributed by atoms with E-state index in [1.165, 1.54) is 0 Å². The summed E-state index contributed by atoms with van der Waals surface area (Å²) in [6.45, 7) is 2.67. The summed E-state index contributed by atoms with van der Waals surface area (Å²) in [5.41, 5.74) is 1.74. The van der Waals surface area contributed by atoms with Crippen molar-refractivity contribution in [3.63, 3.8) is 0 Å². The van der Waals surface area contributed by atoms with Crippen molar-refractivity contribution >= 4 is 5.91 Å². The van der Waals surface area contributed by atoms with Crippen molar-refractivity contribution in [3.05, 3.63) is 23.4 Å². The predicted octanol–water partition coefficient (Wildman–Crippen LogP) is 0.556. The van der Waals surface area contributed by atoms with Gasteiger partial charge in [0.2, 0.25) is 0 Å². The van der Waals surface area contributed by atoms with Crippen LogP contribution in [0.2, 0.25) is 0 Å². The van der Waals surface area contributed by atoms with Crippen LogP contribution < -0.4 is 10.6 Å². The van der Waals surface area contributed by atoms with E-state index in [1.54, 1.807) is 0 Å². The topological polar surface area (TPSA) is 41.1 Å². The van der Waals surface area contributed by atoms with Crippen LogP contribution in [0.3, 0.4) is 0 Å². The number of likely N-dealkylation sites (N-methyl/N-ethyl adjacent to an activating group) is 1. The zero-order valence-corrected chi connectivity index (χ0v) is 7.48. The van der Waals surface area contributed by atoms with Crippen LogP contribution in [0.25, 0.3) is 0 Å². The number of carbonyl (C=O) groups excluding carboxylic acids is 1. The van der Waals surface area contributed by atoms with Crippen LogP contribution >= 0.6 is 0 Å². The van der Waals surface area contributed by atoms with E-state index in [0.717, 1.165) is 17.7 Å². The normalized spacial score (nSPS) is 17.3. The molecule has 0 fully saturated rings. The van der Waals surface area contributed by atoms with Crippen LogP contribution in [-0.4, -0.2) is 19.5 Å². The lowest BCUT2D eigenvalue weighted by Crippen LogP contribution is -2.18. The van der Waals surface area contributed by atoms with Crippen molar-refractivity contribution in [2.24, 2.45) is 0 Å². The summed E-state index contributed by atoms with van der Waals surface area (Å²) < 4.78 is 0. The molecule has 0 radical (unpaired) electrons. The maximum Gasteiger partial charge on any atom is 0.253 e. The van der Waals surface area contributed by atoms with Crippen molar-refractivity contribution in [2.45, 2.75) is 13.3 Å². The molecule has 1 heterocycles. The van der Waals surface area contributed by atoms with Crippen LogP contribution in [0, 0.1) is 0 Å². The van der Waals surface area contributed by atoms with Crippen LogP contribution in [-0.2, 0) is 4.79 Å². The van der Waals surface area contributed by atoms with Crippen molar-refractivity contribution in [2.75, 3.05) is 13.6 Å². The van der Waals surface area contributed by atoms with E-state index in [0.29, 0.717) is 6.54 Å². The average Bonchev–Trinajstić information content (AvgIpc) is 2.43. The number of allylic oxidation sites excluding steroid dienone is 1. The maximum absolute atomic E-state index is 11.2. The fourth-order valence-electron chi connectivity index (χ4n) is 1.13. The second-order valence-corrected chi connectivity index (χ2v) is 2.64. The van der Waals surface area contributed by atoms with Gasteiger partial charge in [-0.2, -0.15) is 0 Å². The van der Waals surface area contributed by atoms with Gasteiger partial charge in [0.05, 0.1) is 12.1 Å². The molecule has 0 saturated carbocycles. The Morgan fingerprint density at radius 1 is 1.67 bits per heavy atom. The summed E-state index contributed by atoms with van der Waals surface area (Å²) in [5.74, 6) is 0.0176. The Morgan fingerprint density at radius 2 is 2.42 bits per heavy atom. The summed E-state index contributed by atoms with van der Waals surface area (Å²) in [5, 5.41) is 5.75. The molecule has 0 aliphatic carbocycles. The van der Waals surface area contributed by atoms with Gasteiger partial charge in [-0.15, -0.1) is 0 Å². The average molecular weight is 166 g/mol. The van der Waals surface area contributed by atoms with Gasteiger partial charge in [-0.3, -0.25) is 4.79 Å². The van der Waals surface area contributed by atoms with E-state index in [-0.39, 0.29) is 5.91 Å². The fraction of sp³-hybridized carbons (Fsp3) is 0.444. The molecule has 12 heavy (non-hydrogen) atoms. The zero-order chi connectivity index (χ0) is 8.97. The van der Waals surface area contributed by atoms with Crippen molar-refractivity contribution in [3.8, 4) is 0 Å². The minimum absolute atomic E-state index is 0.0176. The van der Waals surface area contributed by atoms with Gasteiger partial charge < -0.3 is 10.6 Å². The highest BCUT2D eigenvalue weighted by molar-refractivity contribution is 5.99. The highest BCUT2D eigenvalue weighted by Gasteiger charge is 2.18. The predicted molar refractivity (Wildman–Crippen MR) is 48.5 cm³/mol. The Hall–Kier alpha value is -1.25. The lowest BCUT2D eigenvalue weighted by Gasteiger charge is -1.97. The van der Waals surface area contributed by atoms with E-state index in [9.17, 15) is 4.79 Å². The third kappa shape index (κ3) is 1.67. The lowest BCUT2D eigenvalue weighted by atomic mass is 10.2. The summed E-state index contributed by atoms with van der Waals surface area (Å²) in [6.07, 6.45) is 4.81. The van der Waals surface area contributed by atoms with Gasteiger partial charge in [0.25, 0.3) is 5.91 Å². The number of carbonyl (C=O) groups is 1. The second kappa shape index (κ2) is 3.95. The Labute approximate surface area is 72.5 Å². The van der Waals surface area contributed by atoms with Crippen LogP contribution in [0.1, 0.15) is 13.3 Å². The summed E-state index contributed by atoms with van der Waals surface area (Å²) in [4.78, 5) is 11.2. The molecule has 0 unspecified atom stereocenters. The molecule has 1 aliphatic rings. The molecule has 0 aromatic rings. The number of rotatable bonds is 3. The first-order chi connectivity index (χ1) is 5.79. The molecule has 1 amide bonds. The van der Waals surface area contributed by atoms with E-state index in [2.05, 4.69) is 10.6 Å². The summed E-state index contributed by atoms with van der Waals surface area (Å²) in [7, 11) is 1.83. The third-order valence-corrected chi connectivity index (χ3v) is 1.82. The highest BCUT2D eigenvalue weighted by Crippen LogP contribution is 2.09. The standard InChI is InChI=1S/C9H14N2O/c1-3-4-5-7-8(10-2)6-11-9(7)12/h4-5,10H,3,6H2,1-2H3,(H,11,12)/b5-4+. The number of amides is 1. The van der Waals surface area contributed by atoms with Gasteiger partial charge in [0.1, 0.15) is 0 Å². The van der Waals surface area contributed by atoms with E-state index >= 15 is 0 Å². The van der Waals surface area contributed by atoms with Gasteiger partial charge in [-0.25, -0.2) is 0 Å². The van der Waals surface area contributed by atoms with Crippen LogP contribution in [0.4, 0.5) is 0 Å². The molecule has 0 spiro atoms. The molecule has 3 nitrogen and oxygen atoms in total. The van der Waals surface area contributed by atoms with Crippen molar-refractivity contribution in [1.29, 1.82) is 0 Å². The van der Waals surface area contributed by atoms with Gasteiger partial charge in [-0.05, 0) is 6.42 Å². The first-order valence-electron chi connectivity index (χ1n) is 4.15. The first kappa shape index (κ1) is 8.84. The van der Waals surface area contributed by atoms with E-state index in [4.69, 9.17) is 0 Å². The molecule has 1 aliphatic heterocycles. The van der Waals surface area contributed by atoms with Gasteiger partial charge >= 0.3 is 0 Å². The Balaban J connectivity index is 2.80. The van der Waals surface area contributed by atoms with Gasteiger partial charge in [0, 0.05) is 12.7 Å². The van der Waals surface area contributed by atoms with E-state index in [1.807, 2.05) is 26.1 Å². The fourth-order valence-corrected chi connectivity index (χ4v) is 1.13. The van der Waals surface area contributed by atoms with Crippen molar-refractivity contribution < 1.29 is 4.79 Å². The molecular formula is C9H14N2O. The second-order valence-electron chi connectivity index (χ2n) is 2.64. The van der Waals surface area contributed by atoms with Crippen LogP contribution in [0.5, 0.6) is 0 Å². The first-order valence-corrected chi connectivity index (χ1v) is 4.15. The minimum atomic E-state index is 0.0176. The Morgan fingerprint density at radius 3 is 3.00 bits per heavy atom. The third-order valence-electron chi connectivity index (χ3n) is 1.82. The largest absolute Gasteiger partial charge is 0.389 e. The molecule has 0 bridgehead atoms. The smallest absolute Gasteiger partial charge is 0.253 e. The minimum Gasteiger partial charge on any atom is -0.389 e. The molecular weight excluding hydrogens is 152 g/mol. The van der Waals surface area contributed by atoms with Gasteiger partial charge in [-0.1, -0.05) is 19.1 Å². The van der Waals surface area contributed by atoms with Crippen molar-refractivity contribution in [1.82, 2.24) is 10.6 Å².